The van der Waals surface area contributed by atoms with Gasteiger partial charge in [-0.25, -0.2) is 0 Å². The molecule has 0 bridgehead atoms. The maximum Gasteiger partial charge on any atom is 0.122 e. The minimum atomic E-state index is 0.604. The van der Waals surface area contributed by atoms with Crippen molar-refractivity contribution in [1.82, 2.24) is 5.32 Å². The molecule has 0 amide bonds. The molecule has 18 heavy (non-hydrogen) atoms. The number of hydrogen-bond acceptors (Lipinski definition) is 2. The van der Waals surface area contributed by atoms with Gasteiger partial charge in [0.25, 0.3) is 0 Å². The fourth-order valence-corrected chi connectivity index (χ4v) is 2.39. The van der Waals surface area contributed by atoms with E-state index in [0.29, 0.717) is 6.04 Å². The number of rotatable bonds is 6. The summed E-state index contributed by atoms with van der Waals surface area (Å²) in [6, 6.07) is 7.22. The highest BCUT2D eigenvalue weighted by Crippen LogP contribution is 2.25. The largest absolute Gasteiger partial charge is 0.493 e. The van der Waals surface area contributed by atoms with E-state index in [9.17, 15) is 0 Å². The summed E-state index contributed by atoms with van der Waals surface area (Å²) in [7, 11) is 0. The fraction of sp³-hybridized carbons (Fsp3) is 0.625. The summed E-state index contributed by atoms with van der Waals surface area (Å²) in [4.78, 5) is 0. The van der Waals surface area contributed by atoms with Gasteiger partial charge < -0.3 is 10.1 Å². The number of ether oxygens (including phenoxy) is 1. The molecule has 0 fully saturated rings. The highest BCUT2D eigenvalue weighted by atomic mass is 16.5. The van der Waals surface area contributed by atoms with E-state index < -0.39 is 0 Å². The number of nitrogens with one attached hydrogen (secondary N) is 1. The molecule has 1 aromatic carbocycles. The number of fused-ring (bicyclic) bond motifs is 1. The maximum atomic E-state index is 5.53. The van der Waals surface area contributed by atoms with E-state index >= 15 is 0 Å². The van der Waals surface area contributed by atoms with E-state index in [1.54, 1.807) is 0 Å². The van der Waals surface area contributed by atoms with Gasteiger partial charge in [0.2, 0.25) is 0 Å². The minimum Gasteiger partial charge on any atom is -0.493 e. The number of benzene rings is 1. The lowest BCUT2D eigenvalue weighted by Gasteiger charge is -2.19. The summed E-state index contributed by atoms with van der Waals surface area (Å²) < 4.78 is 5.53. The Morgan fingerprint density at radius 3 is 2.94 bits per heavy atom. The van der Waals surface area contributed by atoms with Gasteiger partial charge in [0.1, 0.15) is 5.75 Å². The van der Waals surface area contributed by atoms with Gasteiger partial charge >= 0.3 is 0 Å². The Hall–Kier alpha value is -1.02. The molecule has 0 saturated heterocycles. The molecular formula is C16H25NO. The van der Waals surface area contributed by atoms with Crippen LogP contribution in [0.3, 0.4) is 0 Å². The van der Waals surface area contributed by atoms with E-state index in [1.807, 2.05) is 0 Å². The molecule has 1 aliphatic rings. The molecule has 0 aliphatic carbocycles. The molecule has 100 valence electrons. The first-order chi connectivity index (χ1) is 8.70. The highest BCUT2D eigenvalue weighted by molar-refractivity contribution is 5.39. The Kier molecular flexibility index (Phi) is 4.65. The maximum absolute atomic E-state index is 5.53. The molecule has 0 spiro atoms. The van der Waals surface area contributed by atoms with Crippen LogP contribution in [-0.4, -0.2) is 19.2 Å². The lowest BCUT2D eigenvalue weighted by Crippen LogP contribution is -2.33. The Morgan fingerprint density at radius 2 is 2.17 bits per heavy atom. The van der Waals surface area contributed by atoms with E-state index in [1.165, 1.54) is 17.5 Å². The van der Waals surface area contributed by atoms with Gasteiger partial charge in [0.05, 0.1) is 6.61 Å². The van der Waals surface area contributed by atoms with Crippen LogP contribution in [0.1, 0.15) is 38.3 Å². The molecule has 2 unspecified atom stereocenters. The van der Waals surface area contributed by atoms with Crippen molar-refractivity contribution in [1.29, 1.82) is 0 Å². The predicted molar refractivity (Wildman–Crippen MR) is 76.3 cm³/mol. The first-order valence-corrected chi connectivity index (χ1v) is 7.18. The molecular weight excluding hydrogens is 222 g/mol. The monoisotopic (exact) mass is 247 g/mol. The van der Waals surface area contributed by atoms with Gasteiger partial charge in [0, 0.05) is 12.5 Å². The van der Waals surface area contributed by atoms with Crippen molar-refractivity contribution in [2.45, 2.75) is 46.1 Å². The van der Waals surface area contributed by atoms with Gasteiger partial charge in [-0.1, -0.05) is 32.4 Å². The predicted octanol–water partition coefficient (Wildman–Crippen LogP) is 3.19. The zero-order valence-electron chi connectivity index (χ0n) is 11.8. The van der Waals surface area contributed by atoms with Gasteiger partial charge in [0.15, 0.2) is 0 Å². The van der Waals surface area contributed by atoms with Crippen molar-refractivity contribution < 1.29 is 4.74 Å². The van der Waals surface area contributed by atoms with Crippen LogP contribution in [0.15, 0.2) is 18.2 Å². The van der Waals surface area contributed by atoms with Crippen LogP contribution in [0.25, 0.3) is 0 Å². The van der Waals surface area contributed by atoms with Crippen LogP contribution >= 0.6 is 0 Å². The summed E-state index contributed by atoms with van der Waals surface area (Å²) in [5, 5.41) is 3.62. The average molecular weight is 247 g/mol. The Bertz CT molecular complexity index is 389. The summed E-state index contributed by atoms with van der Waals surface area (Å²) in [5.74, 6) is 1.83. The fourth-order valence-electron chi connectivity index (χ4n) is 2.39. The third-order valence-corrected chi connectivity index (χ3v) is 4.13. The van der Waals surface area contributed by atoms with Crippen molar-refractivity contribution in [3.8, 4) is 5.75 Å². The SMILES string of the molecule is CCC(C)C(C)NCCc1ccc2c(c1)CCO2. The molecule has 2 rings (SSSR count). The second-order valence-electron chi connectivity index (χ2n) is 5.42. The summed E-state index contributed by atoms with van der Waals surface area (Å²) in [6.45, 7) is 8.76. The van der Waals surface area contributed by atoms with Crippen molar-refractivity contribution in [3.63, 3.8) is 0 Å². The zero-order valence-corrected chi connectivity index (χ0v) is 11.8. The average Bonchev–Trinajstić information content (AvgIpc) is 2.85. The van der Waals surface area contributed by atoms with E-state index in [0.717, 1.165) is 37.7 Å². The quantitative estimate of drug-likeness (QED) is 0.833. The molecule has 2 atom stereocenters. The molecule has 1 aliphatic heterocycles. The van der Waals surface area contributed by atoms with Crippen molar-refractivity contribution in [2.75, 3.05) is 13.2 Å². The third-order valence-electron chi connectivity index (χ3n) is 4.13. The topological polar surface area (TPSA) is 21.3 Å². The second-order valence-corrected chi connectivity index (χ2v) is 5.42. The van der Waals surface area contributed by atoms with Gasteiger partial charge in [-0.3, -0.25) is 0 Å². The third kappa shape index (κ3) is 3.26. The van der Waals surface area contributed by atoms with E-state index in [4.69, 9.17) is 4.74 Å². The minimum absolute atomic E-state index is 0.604. The van der Waals surface area contributed by atoms with Gasteiger partial charge in [-0.05, 0) is 43.0 Å². The zero-order chi connectivity index (χ0) is 13.0. The summed E-state index contributed by atoms with van der Waals surface area (Å²) in [6.07, 6.45) is 3.41. The Morgan fingerprint density at radius 1 is 1.33 bits per heavy atom. The standard InChI is InChI=1S/C16H25NO/c1-4-12(2)13(3)17-9-7-14-5-6-16-15(11-14)8-10-18-16/h5-6,11-13,17H,4,7-10H2,1-3H3. The summed E-state index contributed by atoms with van der Waals surface area (Å²) in [5.41, 5.74) is 2.80. The molecule has 1 aromatic rings. The van der Waals surface area contributed by atoms with Crippen LogP contribution in [0.5, 0.6) is 5.75 Å². The molecule has 1 N–H and O–H groups in total. The lowest BCUT2D eigenvalue weighted by atomic mass is 10.0. The second kappa shape index (κ2) is 6.24. The Balaban J connectivity index is 1.80. The molecule has 1 heterocycles. The van der Waals surface area contributed by atoms with E-state index in [-0.39, 0.29) is 0 Å². The van der Waals surface area contributed by atoms with Crippen LogP contribution in [-0.2, 0) is 12.8 Å². The molecule has 0 saturated carbocycles. The molecule has 0 radical (unpaired) electrons. The van der Waals surface area contributed by atoms with Gasteiger partial charge in [-0.2, -0.15) is 0 Å². The van der Waals surface area contributed by atoms with Crippen LogP contribution in [0.4, 0.5) is 0 Å². The first-order valence-electron chi connectivity index (χ1n) is 7.18. The smallest absolute Gasteiger partial charge is 0.122 e. The summed E-state index contributed by atoms with van der Waals surface area (Å²) >= 11 is 0. The Labute approximate surface area is 111 Å². The molecule has 2 heteroatoms. The van der Waals surface area contributed by atoms with Crippen molar-refractivity contribution in [2.24, 2.45) is 5.92 Å². The molecule has 2 nitrogen and oxygen atoms in total. The molecule has 0 aromatic heterocycles. The number of hydrogen-bond donors (Lipinski definition) is 1. The van der Waals surface area contributed by atoms with Crippen molar-refractivity contribution in [3.05, 3.63) is 29.3 Å². The first kappa shape index (κ1) is 13.4. The normalized spacial score (nSPS) is 17.1. The highest BCUT2D eigenvalue weighted by Gasteiger charge is 2.12. The van der Waals surface area contributed by atoms with Gasteiger partial charge in [-0.15, -0.1) is 0 Å². The van der Waals surface area contributed by atoms with Crippen LogP contribution < -0.4 is 10.1 Å². The van der Waals surface area contributed by atoms with Crippen LogP contribution in [0.2, 0.25) is 0 Å². The van der Waals surface area contributed by atoms with Crippen LogP contribution in [0, 0.1) is 5.92 Å². The van der Waals surface area contributed by atoms with Crippen molar-refractivity contribution >= 4 is 0 Å². The van der Waals surface area contributed by atoms with E-state index in [2.05, 4.69) is 44.3 Å². The lowest BCUT2D eigenvalue weighted by molar-refractivity contribution is 0.357.